The molecule has 6 nitrogen and oxygen atoms in total. The standard InChI is InChI=1S/C14H20F3N5OS/c1-21(2)12(23)8-19-13(22-5-3-4-6-22)18-7-11-20-10(9-24-11)14(15,16)17/h9H,3-8H2,1-2H3,(H,18,19). The molecule has 0 aliphatic carbocycles. The summed E-state index contributed by atoms with van der Waals surface area (Å²) in [6.45, 7) is 1.77. The van der Waals surface area contributed by atoms with Crippen molar-refractivity contribution in [3.05, 3.63) is 16.1 Å². The van der Waals surface area contributed by atoms with Crippen molar-refractivity contribution in [1.29, 1.82) is 0 Å². The summed E-state index contributed by atoms with van der Waals surface area (Å²) in [4.78, 5) is 23.0. The lowest BCUT2D eigenvalue weighted by Gasteiger charge is -2.21. The second kappa shape index (κ2) is 7.82. The summed E-state index contributed by atoms with van der Waals surface area (Å²) in [5.74, 6) is 0.397. The molecule has 1 saturated heterocycles. The Labute approximate surface area is 142 Å². The number of likely N-dealkylation sites (tertiary alicyclic amines) is 1. The first kappa shape index (κ1) is 18.5. The van der Waals surface area contributed by atoms with E-state index < -0.39 is 11.9 Å². The SMILES string of the molecule is CN(C)C(=O)CN=C(NCc1nc(C(F)(F)F)cs1)N1CCCC1. The van der Waals surface area contributed by atoms with Crippen molar-refractivity contribution in [2.24, 2.45) is 4.99 Å². The Morgan fingerprint density at radius 1 is 1.42 bits per heavy atom. The lowest BCUT2D eigenvalue weighted by molar-refractivity contribution is -0.140. The minimum atomic E-state index is -4.43. The molecule has 0 aromatic carbocycles. The minimum Gasteiger partial charge on any atom is -0.350 e. The maximum atomic E-state index is 12.6. The summed E-state index contributed by atoms with van der Waals surface area (Å²) in [7, 11) is 3.30. The van der Waals surface area contributed by atoms with Crippen LogP contribution in [0.25, 0.3) is 0 Å². The van der Waals surface area contributed by atoms with Crippen LogP contribution in [0.3, 0.4) is 0 Å². The molecule has 0 saturated carbocycles. The fourth-order valence-electron chi connectivity index (χ4n) is 2.16. The first-order valence-corrected chi connectivity index (χ1v) is 8.40. The van der Waals surface area contributed by atoms with Gasteiger partial charge >= 0.3 is 6.18 Å². The van der Waals surface area contributed by atoms with Gasteiger partial charge in [-0.3, -0.25) is 4.79 Å². The third kappa shape index (κ3) is 5.08. The Balaban J connectivity index is 2.01. The van der Waals surface area contributed by atoms with E-state index in [0.29, 0.717) is 11.0 Å². The molecule has 0 radical (unpaired) electrons. The number of carbonyl (C=O) groups excluding carboxylic acids is 1. The monoisotopic (exact) mass is 363 g/mol. The molecule has 134 valence electrons. The third-order valence-electron chi connectivity index (χ3n) is 3.51. The molecule has 1 aromatic rings. The number of hydrogen-bond acceptors (Lipinski definition) is 4. The largest absolute Gasteiger partial charge is 0.434 e. The van der Waals surface area contributed by atoms with Crippen molar-refractivity contribution >= 4 is 23.2 Å². The van der Waals surface area contributed by atoms with Crippen LogP contribution in [0, 0.1) is 0 Å². The first-order chi connectivity index (χ1) is 11.3. The number of rotatable bonds is 4. The maximum Gasteiger partial charge on any atom is 0.434 e. The van der Waals surface area contributed by atoms with Gasteiger partial charge in [0.15, 0.2) is 11.7 Å². The zero-order valence-corrected chi connectivity index (χ0v) is 14.4. The van der Waals surface area contributed by atoms with Crippen LogP contribution >= 0.6 is 11.3 Å². The maximum absolute atomic E-state index is 12.6. The van der Waals surface area contributed by atoms with E-state index in [9.17, 15) is 18.0 Å². The van der Waals surface area contributed by atoms with Crippen LogP contribution < -0.4 is 5.32 Å². The van der Waals surface area contributed by atoms with Crippen LogP contribution in [-0.2, 0) is 17.5 Å². The fraction of sp³-hybridized carbons (Fsp3) is 0.643. The van der Waals surface area contributed by atoms with E-state index in [2.05, 4.69) is 15.3 Å². The number of guanidine groups is 1. The van der Waals surface area contributed by atoms with Gasteiger partial charge in [-0.2, -0.15) is 13.2 Å². The summed E-state index contributed by atoms with van der Waals surface area (Å²) < 4.78 is 37.7. The molecule has 10 heteroatoms. The molecular formula is C14H20F3N5OS. The molecule has 2 heterocycles. The molecule has 2 rings (SSSR count). The molecule has 0 spiro atoms. The predicted octanol–water partition coefficient (Wildman–Crippen LogP) is 1.79. The van der Waals surface area contributed by atoms with Gasteiger partial charge < -0.3 is 15.1 Å². The second-order valence-corrected chi connectivity index (χ2v) is 6.54. The number of nitrogens with one attached hydrogen (secondary N) is 1. The molecule has 0 bridgehead atoms. The second-order valence-electron chi connectivity index (χ2n) is 5.60. The van der Waals surface area contributed by atoms with Gasteiger partial charge in [0, 0.05) is 32.6 Å². The Kier molecular flexibility index (Phi) is 6.03. The van der Waals surface area contributed by atoms with Gasteiger partial charge in [-0.1, -0.05) is 0 Å². The number of aromatic nitrogens is 1. The molecule has 24 heavy (non-hydrogen) atoms. The van der Waals surface area contributed by atoms with E-state index in [4.69, 9.17) is 0 Å². The van der Waals surface area contributed by atoms with E-state index in [1.807, 2.05) is 4.90 Å². The number of nitrogens with zero attached hydrogens (tertiary/aromatic N) is 4. The summed E-state index contributed by atoms with van der Waals surface area (Å²) in [6.07, 6.45) is -2.38. The smallest absolute Gasteiger partial charge is 0.350 e. The number of thiazole rings is 1. The summed E-state index contributed by atoms with van der Waals surface area (Å²) in [5, 5.41) is 4.35. The van der Waals surface area contributed by atoms with E-state index in [0.717, 1.165) is 42.6 Å². The molecule has 1 aliphatic rings. The van der Waals surface area contributed by atoms with E-state index >= 15 is 0 Å². The van der Waals surface area contributed by atoms with Gasteiger partial charge in [-0.25, -0.2) is 9.98 Å². The van der Waals surface area contributed by atoms with Gasteiger partial charge in [0.25, 0.3) is 0 Å². The summed E-state index contributed by atoms with van der Waals surface area (Å²) in [6, 6.07) is 0. The molecule has 1 aliphatic heterocycles. The Hall–Kier alpha value is -1.84. The van der Waals surface area contributed by atoms with Crippen LogP contribution in [-0.4, -0.2) is 60.4 Å². The van der Waals surface area contributed by atoms with Crippen molar-refractivity contribution in [2.45, 2.75) is 25.6 Å². The third-order valence-corrected chi connectivity index (χ3v) is 4.36. The molecule has 1 amide bonds. The molecule has 1 N–H and O–H groups in total. The van der Waals surface area contributed by atoms with E-state index in [1.54, 1.807) is 14.1 Å². The van der Waals surface area contributed by atoms with Crippen molar-refractivity contribution in [3.63, 3.8) is 0 Å². The van der Waals surface area contributed by atoms with Crippen molar-refractivity contribution < 1.29 is 18.0 Å². The zero-order chi connectivity index (χ0) is 17.7. The van der Waals surface area contributed by atoms with Gasteiger partial charge in [0.2, 0.25) is 5.91 Å². The van der Waals surface area contributed by atoms with Gasteiger partial charge in [0.1, 0.15) is 11.6 Å². The highest BCUT2D eigenvalue weighted by atomic mass is 32.1. The summed E-state index contributed by atoms with van der Waals surface area (Å²) >= 11 is 0.948. The quantitative estimate of drug-likeness (QED) is 0.655. The minimum absolute atomic E-state index is 0.00248. The number of alkyl halides is 3. The highest BCUT2D eigenvalue weighted by Gasteiger charge is 2.33. The Bertz CT molecular complexity index is 593. The number of amides is 1. The predicted molar refractivity (Wildman–Crippen MR) is 85.8 cm³/mol. The van der Waals surface area contributed by atoms with E-state index in [1.165, 1.54) is 4.90 Å². The normalized spacial score (nSPS) is 15.7. The van der Waals surface area contributed by atoms with E-state index in [-0.39, 0.29) is 19.0 Å². The number of aliphatic imine (C=N–C) groups is 1. The molecular weight excluding hydrogens is 343 g/mol. The van der Waals surface area contributed by atoms with Gasteiger partial charge in [0.05, 0.1) is 6.54 Å². The number of hydrogen-bond donors (Lipinski definition) is 1. The molecule has 0 atom stereocenters. The number of carbonyl (C=O) groups is 1. The van der Waals surface area contributed by atoms with Crippen LogP contribution in [0.1, 0.15) is 23.5 Å². The topological polar surface area (TPSA) is 60.8 Å². The Morgan fingerprint density at radius 2 is 2.08 bits per heavy atom. The fourth-order valence-corrected chi connectivity index (χ4v) is 2.90. The van der Waals surface area contributed by atoms with Crippen LogP contribution in [0.5, 0.6) is 0 Å². The zero-order valence-electron chi connectivity index (χ0n) is 13.6. The average Bonchev–Trinajstić information content (AvgIpc) is 3.17. The molecule has 1 aromatic heterocycles. The van der Waals surface area contributed by atoms with Crippen LogP contribution in [0.4, 0.5) is 13.2 Å². The van der Waals surface area contributed by atoms with Gasteiger partial charge in [-0.15, -0.1) is 11.3 Å². The van der Waals surface area contributed by atoms with Gasteiger partial charge in [-0.05, 0) is 12.8 Å². The highest BCUT2D eigenvalue weighted by Crippen LogP contribution is 2.29. The van der Waals surface area contributed by atoms with Crippen molar-refractivity contribution in [1.82, 2.24) is 20.1 Å². The van der Waals surface area contributed by atoms with Crippen molar-refractivity contribution in [3.8, 4) is 0 Å². The Morgan fingerprint density at radius 3 is 2.62 bits per heavy atom. The highest BCUT2D eigenvalue weighted by molar-refractivity contribution is 7.09. The van der Waals surface area contributed by atoms with Crippen molar-refractivity contribution in [2.75, 3.05) is 33.7 Å². The number of likely N-dealkylation sites (N-methyl/N-ethyl adjacent to an activating group) is 1. The lowest BCUT2D eigenvalue weighted by Crippen LogP contribution is -2.40. The molecule has 0 unspecified atom stereocenters. The molecule has 1 fully saturated rings. The summed E-state index contributed by atoms with van der Waals surface area (Å²) in [5.41, 5.74) is -0.883. The lowest BCUT2D eigenvalue weighted by atomic mass is 10.4. The average molecular weight is 363 g/mol. The first-order valence-electron chi connectivity index (χ1n) is 7.52. The van der Waals surface area contributed by atoms with Crippen LogP contribution in [0.2, 0.25) is 0 Å². The van der Waals surface area contributed by atoms with Crippen LogP contribution in [0.15, 0.2) is 10.4 Å². The number of halogens is 3.